The van der Waals surface area contributed by atoms with Gasteiger partial charge >= 0.3 is 0 Å². The average molecular weight is 372 g/mol. The summed E-state index contributed by atoms with van der Waals surface area (Å²) in [5, 5.41) is 10.5. The maximum Gasteiger partial charge on any atom is 0.260 e. The minimum absolute atomic E-state index is 0.0818. The van der Waals surface area contributed by atoms with Gasteiger partial charge in [0.1, 0.15) is 4.83 Å². The summed E-state index contributed by atoms with van der Waals surface area (Å²) in [7, 11) is -3.21. The summed E-state index contributed by atoms with van der Waals surface area (Å²) in [6.07, 6.45) is 3.25. The molecule has 0 unspecified atom stereocenters. The van der Waals surface area contributed by atoms with Gasteiger partial charge in [-0.15, -0.1) is 11.3 Å². The summed E-state index contributed by atoms with van der Waals surface area (Å²) in [6, 6.07) is 0. The Bertz CT molecular complexity index is 931. The fraction of sp³-hybridized carbons (Fsp3) is 0.571. The highest BCUT2D eigenvalue weighted by Crippen LogP contribution is 2.35. The summed E-state index contributed by atoms with van der Waals surface area (Å²) in [4.78, 5) is 21.7. The molecule has 0 radical (unpaired) electrons. The Kier molecular flexibility index (Phi) is 3.79. The zero-order valence-corrected chi connectivity index (χ0v) is 14.7. The van der Waals surface area contributed by atoms with E-state index in [1.54, 1.807) is 11.3 Å². The molecule has 6 nitrogen and oxygen atoms in total. The van der Waals surface area contributed by atoms with Crippen LogP contribution >= 0.6 is 23.1 Å². The molecule has 3 heterocycles. The van der Waals surface area contributed by atoms with Crippen LogP contribution in [0, 0.1) is 0 Å². The molecule has 0 spiro atoms. The number of sulfone groups is 1. The minimum Gasteiger partial charge on any atom is -0.391 e. The first-order valence-corrected chi connectivity index (χ1v) is 11.0. The van der Waals surface area contributed by atoms with Crippen LogP contribution in [-0.4, -0.2) is 46.4 Å². The van der Waals surface area contributed by atoms with Crippen LogP contribution < -0.4 is 5.56 Å². The van der Waals surface area contributed by atoms with Crippen molar-refractivity contribution in [3.8, 4) is 0 Å². The summed E-state index contributed by atoms with van der Waals surface area (Å²) in [6.45, 7) is 0. The molecule has 1 aliphatic carbocycles. The molecular weight excluding hydrogens is 356 g/mol. The van der Waals surface area contributed by atoms with Crippen LogP contribution in [0.15, 0.2) is 9.95 Å². The Morgan fingerprint density at radius 2 is 2.04 bits per heavy atom. The molecule has 124 valence electrons. The van der Waals surface area contributed by atoms with Crippen LogP contribution in [0.3, 0.4) is 0 Å². The van der Waals surface area contributed by atoms with Crippen LogP contribution in [0.5, 0.6) is 0 Å². The van der Waals surface area contributed by atoms with E-state index in [2.05, 4.69) is 9.97 Å². The monoisotopic (exact) mass is 372 g/mol. The van der Waals surface area contributed by atoms with Crippen LogP contribution in [0.1, 0.15) is 23.3 Å². The topological polar surface area (TPSA) is 100 Å². The molecule has 1 fully saturated rings. The molecule has 0 aromatic carbocycles. The highest BCUT2D eigenvalue weighted by Gasteiger charge is 2.37. The lowest BCUT2D eigenvalue weighted by molar-refractivity contribution is 0.207. The summed E-state index contributed by atoms with van der Waals surface area (Å²) < 4.78 is 23.2. The van der Waals surface area contributed by atoms with Crippen LogP contribution in [0.2, 0.25) is 0 Å². The number of aromatic nitrogens is 2. The summed E-state index contributed by atoms with van der Waals surface area (Å²) >= 11 is 2.71. The number of aliphatic hydroxyl groups excluding tert-OH is 1. The van der Waals surface area contributed by atoms with E-state index in [4.69, 9.17) is 0 Å². The SMILES string of the molecule is O=c1[nH]c(S[C@H]2CS(=O)(=O)C[C@H]2O)nc2sc3c(c12)CCCC3. The number of rotatable bonds is 2. The van der Waals surface area contributed by atoms with Gasteiger partial charge in [-0.1, -0.05) is 11.8 Å². The van der Waals surface area contributed by atoms with Gasteiger partial charge in [0.2, 0.25) is 0 Å². The Hall–Kier alpha value is -0.900. The normalized spacial score (nSPS) is 26.5. The quantitative estimate of drug-likeness (QED) is 0.766. The Morgan fingerprint density at radius 3 is 2.78 bits per heavy atom. The van der Waals surface area contributed by atoms with Crippen molar-refractivity contribution in [3.63, 3.8) is 0 Å². The number of aromatic amines is 1. The second-order valence-corrected chi connectivity index (χ2v) is 10.5. The van der Waals surface area contributed by atoms with Crippen molar-refractivity contribution >= 4 is 43.2 Å². The van der Waals surface area contributed by atoms with Crippen LogP contribution in [0.4, 0.5) is 0 Å². The third kappa shape index (κ3) is 2.84. The van der Waals surface area contributed by atoms with E-state index in [0.29, 0.717) is 10.5 Å². The number of nitrogens with one attached hydrogen (secondary N) is 1. The Balaban J connectivity index is 1.71. The maximum absolute atomic E-state index is 12.4. The third-order valence-corrected chi connectivity index (χ3v) is 8.65. The molecule has 23 heavy (non-hydrogen) atoms. The second-order valence-electron chi connectivity index (χ2n) is 6.06. The molecular formula is C14H16N2O4S3. The van der Waals surface area contributed by atoms with Gasteiger partial charge in [0.25, 0.3) is 5.56 Å². The Labute approximate surface area is 141 Å². The van der Waals surface area contributed by atoms with Gasteiger partial charge in [-0.25, -0.2) is 13.4 Å². The summed E-state index contributed by atoms with van der Waals surface area (Å²) in [5.74, 6) is -0.300. The van der Waals surface area contributed by atoms with E-state index in [9.17, 15) is 18.3 Å². The Morgan fingerprint density at radius 1 is 1.26 bits per heavy atom. The lowest BCUT2D eigenvalue weighted by atomic mass is 9.97. The molecule has 2 N–H and O–H groups in total. The third-order valence-electron chi connectivity index (χ3n) is 4.34. The van der Waals surface area contributed by atoms with E-state index in [1.165, 1.54) is 4.88 Å². The van der Waals surface area contributed by atoms with Crippen molar-refractivity contribution in [1.29, 1.82) is 0 Å². The van der Waals surface area contributed by atoms with Crippen molar-refractivity contribution in [2.45, 2.75) is 42.2 Å². The molecule has 2 aromatic rings. The van der Waals surface area contributed by atoms with E-state index in [1.807, 2.05) is 0 Å². The van der Waals surface area contributed by atoms with E-state index in [-0.39, 0.29) is 17.1 Å². The van der Waals surface area contributed by atoms with Crippen LogP contribution in [-0.2, 0) is 22.7 Å². The largest absolute Gasteiger partial charge is 0.391 e. The van der Waals surface area contributed by atoms with E-state index >= 15 is 0 Å². The zero-order chi connectivity index (χ0) is 16.2. The number of fused-ring (bicyclic) bond motifs is 3. The van der Waals surface area contributed by atoms with Crippen molar-refractivity contribution in [1.82, 2.24) is 9.97 Å². The van der Waals surface area contributed by atoms with Gasteiger partial charge in [-0.3, -0.25) is 4.79 Å². The molecule has 4 rings (SSSR count). The van der Waals surface area contributed by atoms with Gasteiger partial charge in [0, 0.05) is 4.88 Å². The average Bonchev–Trinajstić information content (AvgIpc) is 2.95. The zero-order valence-electron chi connectivity index (χ0n) is 12.2. The molecule has 1 aliphatic heterocycles. The lowest BCUT2D eigenvalue weighted by Crippen LogP contribution is -2.21. The van der Waals surface area contributed by atoms with Crippen molar-refractivity contribution < 1.29 is 13.5 Å². The molecule has 0 saturated carbocycles. The van der Waals surface area contributed by atoms with Gasteiger partial charge in [-0.2, -0.15) is 0 Å². The number of aryl methyl sites for hydroxylation is 2. The molecule has 0 bridgehead atoms. The molecule has 2 aromatic heterocycles. The molecule has 0 amide bonds. The first-order valence-electron chi connectivity index (χ1n) is 7.53. The van der Waals surface area contributed by atoms with Gasteiger partial charge < -0.3 is 10.1 Å². The predicted octanol–water partition coefficient (Wildman–Crippen LogP) is 1.11. The standard InChI is InChI=1S/C14H16N2O4S3/c17-8-5-23(19,20)6-10(8)22-14-15-12(18)11-7-3-1-2-4-9(7)21-13(11)16-14/h8,10,17H,1-6H2,(H,15,16,18)/t8-,10+/m1/s1. The fourth-order valence-corrected chi connectivity index (χ4v) is 8.04. The predicted molar refractivity (Wildman–Crippen MR) is 91.2 cm³/mol. The number of thiophene rings is 1. The number of H-pyrrole nitrogens is 1. The maximum atomic E-state index is 12.4. The highest BCUT2D eigenvalue weighted by molar-refractivity contribution is 8.01. The number of thioether (sulfide) groups is 1. The van der Waals surface area contributed by atoms with E-state index < -0.39 is 21.2 Å². The fourth-order valence-electron chi connectivity index (χ4n) is 3.25. The van der Waals surface area contributed by atoms with E-state index in [0.717, 1.165) is 47.8 Å². The van der Waals surface area contributed by atoms with Gasteiger partial charge in [0.05, 0.1) is 28.2 Å². The van der Waals surface area contributed by atoms with Crippen molar-refractivity contribution in [2.24, 2.45) is 0 Å². The first-order chi connectivity index (χ1) is 10.9. The number of hydrogen-bond donors (Lipinski definition) is 2. The first kappa shape index (κ1) is 15.6. The highest BCUT2D eigenvalue weighted by atomic mass is 32.2. The molecule has 2 atom stereocenters. The molecule has 2 aliphatic rings. The number of aliphatic hydroxyl groups is 1. The smallest absolute Gasteiger partial charge is 0.260 e. The van der Waals surface area contributed by atoms with Crippen molar-refractivity contribution in [2.75, 3.05) is 11.5 Å². The molecule has 1 saturated heterocycles. The second kappa shape index (κ2) is 5.58. The summed E-state index contributed by atoms with van der Waals surface area (Å²) in [5.41, 5.74) is 0.970. The van der Waals surface area contributed by atoms with Crippen molar-refractivity contribution in [3.05, 3.63) is 20.8 Å². The lowest BCUT2D eigenvalue weighted by Gasteiger charge is -2.11. The van der Waals surface area contributed by atoms with Gasteiger partial charge in [-0.05, 0) is 31.2 Å². The van der Waals surface area contributed by atoms with Gasteiger partial charge in [0.15, 0.2) is 15.0 Å². The number of hydrogen-bond acceptors (Lipinski definition) is 7. The number of nitrogens with zero attached hydrogens (tertiary/aromatic N) is 1. The minimum atomic E-state index is -3.21. The van der Waals surface area contributed by atoms with Crippen LogP contribution in [0.25, 0.3) is 10.2 Å². The molecule has 9 heteroatoms.